The van der Waals surface area contributed by atoms with Gasteiger partial charge in [-0.15, -0.1) is 0 Å². The van der Waals surface area contributed by atoms with Crippen LogP contribution in [-0.2, 0) is 14.4 Å². The second-order valence-corrected chi connectivity index (χ2v) is 9.62. The highest BCUT2D eigenvalue weighted by Crippen LogP contribution is 2.38. The Morgan fingerprint density at radius 3 is 2.53 bits per heavy atom. The van der Waals surface area contributed by atoms with Crippen LogP contribution in [0.5, 0.6) is 0 Å². The third-order valence-electron chi connectivity index (χ3n) is 6.15. The molecule has 3 fully saturated rings. The standard InChI is InChI=1S/C22H26ClN3O3S/c1-14-7-8-15(13-18(14)23)24-22-25(10-4-12-30-22)19(27)9-11-26-20(28)16-5-2-3-6-17(16)21(26)29/h7-8,13,16-17H,2-6,9-12H2,1H3. The predicted molar refractivity (Wildman–Crippen MR) is 119 cm³/mol. The highest BCUT2D eigenvalue weighted by molar-refractivity contribution is 8.13. The number of benzene rings is 1. The molecule has 3 amide bonds. The lowest BCUT2D eigenvalue weighted by atomic mass is 9.81. The van der Waals surface area contributed by atoms with Crippen molar-refractivity contribution in [2.45, 2.75) is 45.4 Å². The third-order valence-corrected chi connectivity index (χ3v) is 7.62. The first-order valence-corrected chi connectivity index (χ1v) is 12.0. The minimum Gasteiger partial charge on any atom is -0.291 e. The van der Waals surface area contributed by atoms with E-state index in [9.17, 15) is 14.4 Å². The number of fused-ring (bicyclic) bond motifs is 1. The molecule has 30 heavy (non-hydrogen) atoms. The van der Waals surface area contributed by atoms with Crippen molar-refractivity contribution in [3.63, 3.8) is 0 Å². The minimum atomic E-state index is -0.171. The second-order valence-electron chi connectivity index (χ2n) is 8.15. The van der Waals surface area contributed by atoms with Crippen molar-refractivity contribution >= 4 is 51.9 Å². The fourth-order valence-corrected chi connectivity index (χ4v) is 5.59. The van der Waals surface area contributed by atoms with Gasteiger partial charge in [0, 0.05) is 30.3 Å². The fraction of sp³-hybridized carbons (Fsp3) is 0.545. The van der Waals surface area contributed by atoms with Crippen molar-refractivity contribution < 1.29 is 14.4 Å². The highest BCUT2D eigenvalue weighted by Gasteiger charge is 2.48. The molecule has 2 heterocycles. The van der Waals surface area contributed by atoms with Crippen LogP contribution in [0.1, 0.15) is 44.1 Å². The molecule has 1 aromatic carbocycles. The Labute approximate surface area is 186 Å². The topological polar surface area (TPSA) is 70.1 Å². The summed E-state index contributed by atoms with van der Waals surface area (Å²) >= 11 is 7.75. The summed E-state index contributed by atoms with van der Waals surface area (Å²) in [5.41, 5.74) is 1.69. The normalized spacial score (nSPS) is 25.7. The molecule has 2 saturated heterocycles. The number of likely N-dealkylation sites (tertiary alicyclic amines) is 1. The largest absolute Gasteiger partial charge is 0.291 e. The van der Waals surface area contributed by atoms with Crippen LogP contribution >= 0.6 is 23.4 Å². The smallest absolute Gasteiger partial charge is 0.233 e. The van der Waals surface area contributed by atoms with Gasteiger partial charge in [0.15, 0.2) is 5.17 Å². The lowest BCUT2D eigenvalue weighted by Crippen LogP contribution is -2.41. The number of imide groups is 1. The van der Waals surface area contributed by atoms with Crippen molar-refractivity contribution in [1.29, 1.82) is 0 Å². The number of hydrogen-bond donors (Lipinski definition) is 0. The zero-order valence-electron chi connectivity index (χ0n) is 17.1. The second kappa shape index (κ2) is 9.10. The van der Waals surface area contributed by atoms with Crippen LogP contribution in [-0.4, -0.2) is 51.5 Å². The van der Waals surface area contributed by atoms with Gasteiger partial charge >= 0.3 is 0 Å². The molecule has 1 aliphatic carbocycles. The van der Waals surface area contributed by atoms with E-state index < -0.39 is 0 Å². The maximum Gasteiger partial charge on any atom is 0.233 e. The molecule has 0 N–H and O–H groups in total. The summed E-state index contributed by atoms with van der Waals surface area (Å²) in [6, 6.07) is 5.59. The van der Waals surface area contributed by atoms with E-state index in [1.807, 2.05) is 19.1 Å². The Hall–Kier alpha value is -1.86. The molecule has 0 bridgehead atoms. The first-order valence-electron chi connectivity index (χ1n) is 10.6. The summed E-state index contributed by atoms with van der Waals surface area (Å²) in [5, 5.41) is 1.29. The molecule has 1 saturated carbocycles. The zero-order valence-corrected chi connectivity index (χ0v) is 18.7. The monoisotopic (exact) mass is 447 g/mol. The summed E-state index contributed by atoms with van der Waals surface area (Å²) in [7, 11) is 0. The third kappa shape index (κ3) is 4.28. The van der Waals surface area contributed by atoms with Gasteiger partial charge in [-0.2, -0.15) is 0 Å². The van der Waals surface area contributed by atoms with Gasteiger partial charge in [0.2, 0.25) is 17.7 Å². The molecule has 3 aliphatic rings. The average molecular weight is 448 g/mol. The molecule has 2 unspecified atom stereocenters. The number of halogens is 1. The number of hydrogen-bond acceptors (Lipinski definition) is 5. The van der Waals surface area contributed by atoms with Crippen LogP contribution in [0.15, 0.2) is 23.2 Å². The van der Waals surface area contributed by atoms with Gasteiger partial charge in [-0.3, -0.25) is 24.2 Å². The van der Waals surface area contributed by atoms with Crippen LogP contribution in [0.2, 0.25) is 5.02 Å². The number of thioether (sulfide) groups is 1. The molecule has 4 rings (SSSR count). The van der Waals surface area contributed by atoms with Crippen LogP contribution in [0.4, 0.5) is 5.69 Å². The van der Waals surface area contributed by atoms with Gasteiger partial charge in [0.05, 0.1) is 17.5 Å². The van der Waals surface area contributed by atoms with Crippen LogP contribution < -0.4 is 0 Å². The van der Waals surface area contributed by atoms with Crippen molar-refractivity contribution in [3.8, 4) is 0 Å². The van der Waals surface area contributed by atoms with E-state index in [1.165, 1.54) is 4.90 Å². The van der Waals surface area contributed by atoms with Crippen LogP contribution in [0, 0.1) is 18.8 Å². The minimum absolute atomic E-state index is 0.0892. The number of carbonyl (C=O) groups is 3. The molecule has 1 aromatic rings. The number of carbonyl (C=O) groups excluding carboxylic acids is 3. The van der Waals surface area contributed by atoms with Gasteiger partial charge < -0.3 is 0 Å². The molecule has 0 spiro atoms. The Balaban J connectivity index is 1.43. The first kappa shape index (κ1) is 21.4. The van der Waals surface area contributed by atoms with Crippen LogP contribution in [0.25, 0.3) is 0 Å². The van der Waals surface area contributed by atoms with E-state index in [2.05, 4.69) is 4.99 Å². The lowest BCUT2D eigenvalue weighted by Gasteiger charge is -2.28. The summed E-state index contributed by atoms with van der Waals surface area (Å²) in [6.45, 7) is 2.69. The van der Waals surface area contributed by atoms with Gasteiger partial charge in [0.1, 0.15) is 0 Å². The number of amidine groups is 1. The number of aryl methyl sites for hydroxylation is 1. The van der Waals surface area contributed by atoms with Gasteiger partial charge in [0.25, 0.3) is 0 Å². The van der Waals surface area contributed by atoms with E-state index in [1.54, 1.807) is 22.7 Å². The lowest BCUT2D eigenvalue weighted by molar-refractivity contribution is -0.140. The van der Waals surface area contributed by atoms with E-state index in [0.717, 1.165) is 43.4 Å². The Morgan fingerprint density at radius 1 is 1.17 bits per heavy atom. The number of aliphatic imine (C=N–C) groups is 1. The predicted octanol–water partition coefficient (Wildman–Crippen LogP) is 4.17. The molecule has 6 nitrogen and oxygen atoms in total. The first-order chi connectivity index (χ1) is 14.5. The molecule has 0 aromatic heterocycles. The van der Waals surface area contributed by atoms with E-state index in [4.69, 9.17) is 11.6 Å². The van der Waals surface area contributed by atoms with Crippen LogP contribution in [0.3, 0.4) is 0 Å². The molecule has 8 heteroatoms. The maximum atomic E-state index is 13.0. The van der Waals surface area contributed by atoms with E-state index >= 15 is 0 Å². The van der Waals surface area contributed by atoms with Crippen molar-refractivity contribution in [1.82, 2.24) is 9.80 Å². The van der Waals surface area contributed by atoms with Crippen molar-refractivity contribution in [2.24, 2.45) is 16.8 Å². The number of rotatable bonds is 4. The van der Waals surface area contributed by atoms with Gasteiger partial charge in [-0.25, -0.2) is 4.99 Å². The zero-order chi connectivity index (χ0) is 21.3. The SMILES string of the molecule is Cc1ccc(N=C2SCCCN2C(=O)CCN2C(=O)C3CCCCC3C2=O)cc1Cl. The molecule has 2 atom stereocenters. The Morgan fingerprint density at radius 2 is 1.87 bits per heavy atom. The van der Waals surface area contributed by atoms with Gasteiger partial charge in [-0.05, 0) is 43.9 Å². The van der Waals surface area contributed by atoms with Gasteiger partial charge in [-0.1, -0.05) is 42.3 Å². The number of nitrogens with zero attached hydrogens (tertiary/aromatic N) is 3. The molecule has 160 valence electrons. The summed E-state index contributed by atoms with van der Waals surface area (Å²) in [6.07, 6.45) is 4.60. The Bertz CT molecular complexity index is 880. The average Bonchev–Trinajstić information content (AvgIpc) is 3.00. The summed E-state index contributed by atoms with van der Waals surface area (Å²) in [5.74, 6) is 0.275. The molecular formula is C22H26ClN3O3S. The van der Waals surface area contributed by atoms with Crippen molar-refractivity contribution in [3.05, 3.63) is 28.8 Å². The Kier molecular flexibility index (Phi) is 6.48. The highest BCUT2D eigenvalue weighted by atomic mass is 35.5. The molecule has 2 aliphatic heterocycles. The fourth-order valence-electron chi connectivity index (χ4n) is 4.44. The van der Waals surface area contributed by atoms with Crippen molar-refractivity contribution in [2.75, 3.05) is 18.8 Å². The quantitative estimate of drug-likeness (QED) is 0.649. The summed E-state index contributed by atoms with van der Waals surface area (Å²) in [4.78, 5) is 45.9. The maximum absolute atomic E-state index is 13.0. The molecule has 0 radical (unpaired) electrons. The summed E-state index contributed by atoms with van der Waals surface area (Å²) < 4.78 is 0. The van der Waals surface area contributed by atoms with E-state index in [-0.39, 0.29) is 42.5 Å². The van der Waals surface area contributed by atoms with E-state index in [0.29, 0.717) is 22.4 Å². The molecular weight excluding hydrogens is 422 g/mol. The number of amides is 3.